The van der Waals surface area contributed by atoms with Crippen molar-refractivity contribution in [2.45, 2.75) is 6.92 Å². The summed E-state index contributed by atoms with van der Waals surface area (Å²) in [4.78, 5) is 6.70. The van der Waals surface area contributed by atoms with Crippen molar-refractivity contribution in [2.75, 3.05) is 0 Å². The van der Waals surface area contributed by atoms with Gasteiger partial charge >= 0.3 is 0 Å². The number of H-pyrrole nitrogens is 1. The van der Waals surface area contributed by atoms with Gasteiger partial charge in [0.05, 0.1) is 11.0 Å². The summed E-state index contributed by atoms with van der Waals surface area (Å²) in [5.41, 5.74) is 1.91. The van der Waals surface area contributed by atoms with Crippen LogP contribution < -0.4 is 0 Å². The minimum Gasteiger partial charge on any atom is -0.329 e. The van der Waals surface area contributed by atoms with Crippen molar-refractivity contribution in [1.82, 2.24) is 9.97 Å². The molecule has 1 heterocycles. The largest absolute Gasteiger partial charge is 0.329 e. The third-order valence-corrected chi connectivity index (χ3v) is 1.91. The fourth-order valence-corrected chi connectivity index (χ4v) is 1.30. The van der Waals surface area contributed by atoms with E-state index in [9.17, 15) is 4.39 Å². The summed E-state index contributed by atoms with van der Waals surface area (Å²) in [7, 11) is 0. The van der Waals surface area contributed by atoms with Crippen LogP contribution in [-0.2, 0) is 0 Å². The number of aryl methyl sites for hydroxylation is 1. The van der Waals surface area contributed by atoms with E-state index in [-0.39, 0.29) is 11.1 Å². The second-order valence-electron chi connectivity index (χ2n) is 2.65. The molecule has 4 heteroatoms. The van der Waals surface area contributed by atoms with E-state index in [0.717, 1.165) is 5.52 Å². The Kier molecular flexibility index (Phi) is 1.54. The second kappa shape index (κ2) is 2.45. The lowest BCUT2D eigenvalue weighted by molar-refractivity contribution is 0.620. The molecule has 12 heavy (non-hydrogen) atoms. The van der Waals surface area contributed by atoms with Crippen LogP contribution in [0.5, 0.6) is 0 Å². The zero-order valence-electron chi connectivity index (χ0n) is 6.36. The number of benzene rings is 1. The highest BCUT2D eigenvalue weighted by molar-refractivity contribution is 6.29. The summed E-state index contributed by atoms with van der Waals surface area (Å²) < 4.78 is 13.0. The summed E-state index contributed by atoms with van der Waals surface area (Å²) >= 11 is 5.60. The van der Waals surface area contributed by atoms with Crippen molar-refractivity contribution in [2.24, 2.45) is 0 Å². The standard InChI is InChI=1S/C8H6ClFN2/c1-4-2-6-7(3-5(4)10)12-8(9)11-6/h2-3H,1H3,(H,11,12). The Bertz CT molecular complexity index is 397. The molecule has 1 aromatic heterocycles. The number of hydrogen-bond donors (Lipinski definition) is 1. The minimum absolute atomic E-state index is 0.259. The monoisotopic (exact) mass is 184 g/mol. The molecule has 0 unspecified atom stereocenters. The Morgan fingerprint density at radius 3 is 3.00 bits per heavy atom. The van der Waals surface area contributed by atoms with Gasteiger partial charge in [-0.2, -0.15) is 0 Å². The number of nitrogens with one attached hydrogen (secondary N) is 1. The molecule has 2 aromatic rings. The second-order valence-corrected chi connectivity index (χ2v) is 3.00. The molecule has 62 valence electrons. The van der Waals surface area contributed by atoms with Crippen LogP contribution in [0.25, 0.3) is 11.0 Å². The molecule has 0 bridgehead atoms. The third kappa shape index (κ3) is 1.06. The van der Waals surface area contributed by atoms with Crippen LogP contribution in [0, 0.1) is 12.7 Å². The van der Waals surface area contributed by atoms with E-state index in [0.29, 0.717) is 11.1 Å². The molecule has 0 amide bonds. The molecule has 0 fully saturated rings. The highest BCUT2D eigenvalue weighted by atomic mass is 35.5. The number of nitrogens with zero attached hydrogens (tertiary/aromatic N) is 1. The molecule has 0 aliphatic carbocycles. The number of fused-ring (bicyclic) bond motifs is 1. The first-order valence-electron chi connectivity index (χ1n) is 3.48. The van der Waals surface area contributed by atoms with Gasteiger partial charge in [0.15, 0.2) is 0 Å². The average molecular weight is 185 g/mol. The maximum Gasteiger partial charge on any atom is 0.201 e. The highest BCUT2D eigenvalue weighted by Gasteiger charge is 2.04. The third-order valence-electron chi connectivity index (χ3n) is 1.73. The van der Waals surface area contributed by atoms with Gasteiger partial charge in [-0.05, 0) is 30.2 Å². The highest BCUT2D eigenvalue weighted by Crippen LogP contribution is 2.18. The first-order chi connectivity index (χ1) is 5.66. The molecular weight excluding hydrogens is 179 g/mol. The van der Waals surface area contributed by atoms with Crippen LogP contribution in [0.15, 0.2) is 12.1 Å². The number of imidazole rings is 1. The fraction of sp³-hybridized carbons (Fsp3) is 0.125. The molecule has 0 saturated heterocycles. The van der Waals surface area contributed by atoms with Crippen LogP contribution in [0.1, 0.15) is 5.56 Å². The molecule has 0 radical (unpaired) electrons. The zero-order chi connectivity index (χ0) is 8.72. The summed E-state index contributed by atoms with van der Waals surface area (Å²) in [6.07, 6.45) is 0. The van der Waals surface area contributed by atoms with Crippen molar-refractivity contribution in [3.8, 4) is 0 Å². The number of aromatic nitrogens is 2. The molecule has 2 rings (SSSR count). The van der Waals surface area contributed by atoms with Crippen molar-refractivity contribution in [3.05, 3.63) is 28.8 Å². The predicted octanol–water partition coefficient (Wildman–Crippen LogP) is 2.66. The van der Waals surface area contributed by atoms with Crippen LogP contribution in [0.3, 0.4) is 0 Å². The van der Waals surface area contributed by atoms with Crippen molar-refractivity contribution in [3.63, 3.8) is 0 Å². The number of aromatic amines is 1. The fourth-order valence-electron chi connectivity index (χ4n) is 1.11. The maximum atomic E-state index is 13.0. The lowest BCUT2D eigenvalue weighted by Gasteiger charge is -1.93. The first kappa shape index (κ1) is 7.55. The Balaban J connectivity index is 2.83. The number of hydrogen-bond acceptors (Lipinski definition) is 1. The average Bonchev–Trinajstić information content (AvgIpc) is 2.30. The van der Waals surface area contributed by atoms with Gasteiger partial charge in [-0.15, -0.1) is 0 Å². The lowest BCUT2D eigenvalue weighted by Crippen LogP contribution is -1.81. The molecule has 0 aliphatic heterocycles. The van der Waals surface area contributed by atoms with Gasteiger partial charge in [-0.1, -0.05) is 0 Å². The molecule has 2 nitrogen and oxygen atoms in total. The summed E-state index contributed by atoms with van der Waals surface area (Å²) in [6, 6.07) is 3.05. The van der Waals surface area contributed by atoms with Gasteiger partial charge in [0.1, 0.15) is 5.82 Å². The smallest absolute Gasteiger partial charge is 0.201 e. The Morgan fingerprint density at radius 2 is 2.25 bits per heavy atom. The van der Waals surface area contributed by atoms with Gasteiger partial charge < -0.3 is 4.98 Å². The number of halogens is 2. The van der Waals surface area contributed by atoms with Crippen molar-refractivity contribution < 1.29 is 4.39 Å². The number of rotatable bonds is 0. The molecule has 0 spiro atoms. The van der Waals surface area contributed by atoms with Crippen LogP contribution in [0.2, 0.25) is 5.28 Å². The predicted molar refractivity (Wildman–Crippen MR) is 45.8 cm³/mol. The van der Waals surface area contributed by atoms with E-state index < -0.39 is 0 Å². The molecule has 0 saturated carbocycles. The minimum atomic E-state index is -0.259. The van der Waals surface area contributed by atoms with Crippen LogP contribution >= 0.6 is 11.6 Å². The van der Waals surface area contributed by atoms with E-state index in [4.69, 9.17) is 11.6 Å². The SMILES string of the molecule is Cc1cc2[nH]c(Cl)nc2cc1F. The maximum absolute atomic E-state index is 13.0. The van der Waals surface area contributed by atoms with E-state index in [1.165, 1.54) is 6.07 Å². The molecule has 0 aliphatic rings. The lowest BCUT2D eigenvalue weighted by atomic mass is 10.2. The van der Waals surface area contributed by atoms with Gasteiger partial charge in [-0.25, -0.2) is 9.37 Å². The van der Waals surface area contributed by atoms with E-state index in [1.54, 1.807) is 13.0 Å². The summed E-state index contributed by atoms with van der Waals surface area (Å²) in [5, 5.41) is 0.287. The van der Waals surface area contributed by atoms with E-state index in [2.05, 4.69) is 9.97 Å². The molecule has 0 atom stereocenters. The summed E-state index contributed by atoms with van der Waals surface area (Å²) in [6.45, 7) is 1.70. The van der Waals surface area contributed by atoms with Crippen molar-refractivity contribution >= 4 is 22.6 Å². The first-order valence-corrected chi connectivity index (χ1v) is 3.86. The molecule has 1 N–H and O–H groups in total. The van der Waals surface area contributed by atoms with E-state index >= 15 is 0 Å². The van der Waals surface area contributed by atoms with Crippen LogP contribution in [0.4, 0.5) is 4.39 Å². The van der Waals surface area contributed by atoms with E-state index in [1.807, 2.05) is 0 Å². The quantitative estimate of drug-likeness (QED) is 0.670. The molecular formula is C8H6ClFN2. The van der Waals surface area contributed by atoms with Gasteiger partial charge in [0.25, 0.3) is 0 Å². The van der Waals surface area contributed by atoms with Crippen molar-refractivity contribution in [1.29, 1.82) is 0 Å². The Hall–Kier alpha value is -1.09. The molecule has 1 aromatic carbocycles. The van der Waals surface area contributed by atoms with Gasteiger partial charge in [0, 0.05) is 6.07 Å². The summed E-state index contributed by atoms with van der Waals surface area (Å²) in [5.74, 6) is -0.259. The zero-order valence-corrected chi connectivity index (χ0v) is 7.11. The van der Waals surface area contributed by atoms with Gasteiger partial charge in [-0.3, -0.25) is 0 Å². The van der Waals surface area contributed by atoms with Crippen LogP contribution in [-0.4, -0.2) is 9.97 Å². The Morgan fingerprint density at radius 1 is 1.50 bits per heavy atom. The topological polar surface area (TPSA) is 28.7 Å². The normalized spacial score (nSPS) is 10.9. The van der Waals surface area contributed by atoms with Gasteiger partial charge in [0.2, 0.25) is 5.28 Å². The Labute approximate surface area is 73.4 Å².